The summed E-state index contributed by atoms with van der Waals surface area (Å²) < 4.78 is 166. The van der Waals surface area contributed by atoms with E-state index < -0.39 is 107 Å². The molecule has 5 rings (SSSR count). The minimum atomic E-state index is -4.38. The number of fused-ring (bicyclic) bond motifs is 2. The zero-order valence-electron chi connectivity index (χ0n) is 32.8. The third-order valence-electron chi connectivity index (χ3n) is 4.77. The van der Waals surface area contributed by atoms with E-state index in [1.54, 1.807) is 0 Å². The Morgan fingerprint density at radius 3 is 3.10 bits per heavy atom. The molecule has 1 saturated heterocycles. The van der Waals surface area contributed by atoms with Gasteiger partial charge in [-0.2, -0.15) is 0 Å². The second-order valence-electron chi connectivity index (χ2n) is 6.76. The van der Waals surface area contributed by atoms with Gasteiger partial charge in [0.15, 0.2) is 5.58 Å². The lowest BCUT2D eigenvalue weighted by atomic mass is 9.91. The molecule has 164 valence electrons. The first-order valence-corrected chi connectivity index (χ1v) is 9.20. The quantitative estimate of drug-likeness (QED) is 0.667. The third kappa shape index (κ3) is 3.78. The topological polar surface area (TPSA) is 84.4 Å². The van der Waals surface area contributed by atoms with Crippen LogP contribution < -0.4 is 5.56 Å². The molecule has 31 heavy (non-hydrogen) atoms. The minimum absolute atomic E-state index is 0.0658. The summed E-state index contributed by atoms with van der Waals surface area (Å²) in [4.78, 5) is 16.6. The van der Waals surface area contributed by atoms with Gasteiger partial charge in [0.25, 0.3) is 5.56 Å². The number of benzene rings is 1. The van der Waals surface area contributed by atoms with Gasteiger partial charge < -0.3 is 14.5 Å². The number of aryl methyl sites for hydroxylation is 1. The fraction of sp³-hybridized carbons (Fsp3) is 0.522. The first kappa shape index (κ1) is 8.75. The second-order valence-corrected chi connectivity index (χ2v) is 6.76. The maximum absolute atomic E-state index is 13.9. The fourth-order valence-electron chi connectivity index (χ4n) is 3.27. The molecule has 0 radical (unpaired) electrons. The number of aromatic nitrogens is 3. The zero-order chi connectivity index (χ0) is 36.6. The number of piperidine rings is 1. The number of aliphatic hydroxyl groups is 1. The molecule has 1 aromatic carbocycles. The van der Waals surface area contributed by atoms with Gasteiger partial charge in [-0.3, -0.25) is 9.36 Å². The molecule has 1 fully saturated rings. The Hall–Kier alpha value is -2.58. The van der Waals surface area contributed by atoms with E-state index >= 15 is 0 Å². The van der Waals surface area contributed by atoms with Gasteiger partial charge in [-0.05, 0) is 63.9 Å². The lowest BCUT2D eigenvalue weighted by Gasteiger charge is -2.31. The van der Waals surface area contributed by atoms with E-state index in [2.05, 4.69) is 10.1 Å². The first-order chi connectivity index (χ1) is 21.5. The smallest absolute Gasteiger partial charge is 0.257 e. The molecule has 0 bridgehead atoms. The Labute approximate surface area is 203 Å². The van der Waals surface area contributed by atoms with E-state index in [-0.39, 0.29) is 19.4 Å². The molecule has 4 heterocycles. The predicted octanol–water partition coefficient (Wildman–Crippen LogP) is 3.08. The number of rotatable bonds is 4. The number of hydrogen-bond donors (Lipinski definition) is 1. The van der Waals surface area contributed by atoms with Gasteiger partial charge in [0, 0.05) is 63.6 Å². The Kier molecular flexibility index (Phi) is 2.30. The summed E-state index contributed by atoms with van der Waals surface area (Å²) in [6.07, 6.45) is -15.3. The molecule has 3 aromatic rings. The number of likely N-dealkylation sites (tertiary alicyclic amines) is 1. The van der Waals surface area contributed by atoms with Crippen LogP contribution >= 0.6 is 0 Å². The fourth-order valence-corrected chi connectivity index (χ4v) is 3.27. The van der Waals surface area contributed by atoms with E-state index in [1.165, 1.54) is 0 Å². The monoisotopic (exact) mass is 443 g/mol. The minimum Gasteiger partial charge on any atom is -0.385 e. The SMILES string of the molecule is [2H]C([2H])([2H])c1nc2n(c(=O)c1C([2H])([2H])C([2H])([2H])N1C([2H])([2H])C([2H])([2H])C([2H])(c3noc4cc(F)ccc34)C([2H])([2H])C1([2H])[2H])CCCC2([2H])O. The van der Waals surface area contributed by atoms with Gasteiger partial charge in [-0.25, -0.2) is 9.37 Å². The highest BCUT2D eigenvalue weighted by atomic mass is 19.1. The lowest BCUT2D eigenvalue weighted by Crippen LogP contribution is -2.37. The molecule has 2 aromatic heterocycles. The highest BCUT2D eigenvalue weighted by Crippen LogP contribution is 2.32. The van der Waals surface area contributed by atoms with Crippen LogP contribution in [0, 0.1) is 12.7 Å². The van der Waals surface area contributed by atoms with Crippen molar-refractivity contribution >= 4 is 11.0 Å². The van der Waals surface area contributed by atoms with Crippen LogP contribution in [-0.2, 0) is 12.9 Å². The molecule has 2 aliphatic rings. The summed E-state index contributed by atoms with van der Waals surface area (Å²) in [5.41, 5.74) is -6.16. The predicted molar refractivity (Wildman–Crippen MR) is 114 cm³/mol. The van der Waals surface area contributed by atoms with Gasteiger partial charge in [-0.15, -0.1) is 0 Å². The Morgan fingerprint density at radius 2 is 2.29 bits per heavy atom. The summed E-state index contributed by atoms with van der Waals surface area (Å²) in [5.74, 6) is -5.47. The average Bonchev–Trinajstić information content (AvgIpc) is 3.33. The van der Waals surface area contributed by atoms with E-state index in [1.807, 2.05) is 0 Å². The molecule has 7 nitrogen and oxygen atoms in total. The molecular formula is C23H27FN4O3. The van der Waals surface area contributed by atoms with Crippen molar-refractivity contribution in [3.05, 3.63) is 57.1 Å². The van der Waals surface area contributed by atoms with Gasteiger partial charge in [0.2, 0.25) is 0 Å². The van der Waals surface area contributed by atoms with Crippen molar-refractivity contribution in [2.45, 2.75) is 57.3 Å². The summed E-state index contributed by atoms with van der Waals surface area (Å²) >= 11 is 0. The van der Waals surface area contributed by atoms with Crippen molar-refractivity contribution in [3.63, 3.8) is 0 Å². The van der Waals surface area contributed by atoms with Gasteiger partial charge in [0.1, 0.15) is 17.7 Å². The standard InChI is InChI=1S/C23H27FN4O3/c1-14-17(23(30)28-9-2-3-19(29)22(28)25-14)8-12-27-10-6-15(7-11-27)21-18-5-4-16(24)13-20(18)31-26-21/h4-5,13,15,19,29H,2-3,6-12H2,1H3/i1D3,6D2,7D2,8D2,10D2,11D2,12D2,15D,19D. The highest BCUT2D eigenvalue weighted by molar-refractivity contribution is 5.79. The van der Waals surface area contributed by atoms with Crippen LogP contribution in [0.25, 0.3) is 11.0 Å². The molecule has 0 aliphatic carbocycles. The Bertz CT molecular complexity index is 1840. The van der Waals surface area contributed by atoms with Crippen molar-refractivity contribution in [3.8, 4) is 0 Å². The summed E-state index contributed by atoms with van der Waals surface area (Å²) in [6, 6.07) is 2.44. The Morgan fingerprint density at radius 1 is 1.45 bits per heavy atom. The van der Waals surface area contributed by atoms with Crippen molar-refractivity contribution in [1.82, 2.24) is 19.6 Å². The van der Waals surface area contributed by atoms with Crippen LogP contribution in [0.1, 0.15) is 83.6 Å². The van der Waals surface area contributed by atoms with Crippen LogP contribution in [0.4, 0.5) is 4.39 Å². The second kappa shape index (κ2) is 8.16. The van der Waals surface area contributed by atoms with Crippen LogP contribution in [-0.4, -0.2) is 44.2 Å². The maximum Gasteiger partial charge on any atom is 0.257 e. The van der Waals surface area contributed by atoms with Gasteiger partial charge in [0.05, 0.1) is 7.06 Å². The number of halogens is 1. The van der Waals surface area contributed by atoms with Crippen molar-refractivity contribution in [2.24, 2.45) is 0 Å². The van der Waals surface area contributed by atoms with Crippen LogP contribution in [0.5, 0.6) is 0 Å². The number of nitrogens with zero attached hydrogens (tertiary/aromatic N) is 4. The van der Waals surface area contributed by atoms with E-state index in [9.17, 15) is 14.3 Å². The molecule has 1 unspecified atom stereocenters. The average molecular weight is 444 g/mol. The molecule has 0 amide bonds. The van der Waals surface area contributed by atoms with Crippen molar-refractivity contribution in [1.29, 1.82) is 0 Å². The molecule has 2 aliphatic heterocycles. The first-order valence-electron chi connectivity index (χ1n) is 17.7. The summed E-state index contributed by atoms with van der Waals surface area (Å²) in [7, 11) is 0. The van der Waals surface area contributed by atoms with Crippen molar-refractivity contribution < 1.29 is 37.3 Å². The van der Waals surface area contributed by atoms with Crippen LogP contribution in [0.2, 0.25) is 0 Å². The molecule has 1 atom stereocenters. The molecule has 1 N–H and O–H groups in total. The third-order valence-corrected chi connectivity index (χ3v) is 4.77. The molecule has 0 saturated carbocycles. The largest absolute Gasteiger partial charge is 0.385 e. The van der Waals surface area contributed by atoms with Crippen molar-refractivity contribution in [2.75, 3.05) is 19.5 Å². The highest BCUT2D eigenvalue weighted by Gasteiger charge is 2.26. The van der Waals surface area contributed by atoms with Gasteiger partial charge in [-0.1, -0.05) is 5.16 Å². The zero-order valence-corrected chi connectivity index (χ0v) is 15.8. The molecule has 0 spiro atoms. The van der Waals surface area contributed by atoms with E-state index in [4.69, 9.17) is 27.8 Å². The van der Waals surface area contributed by atoms with E-state index in [0.717, 1.165) is 18.2 Å². The van der Waals surface area contributed by atoms with Gasteiger partial charge >= 0.3 is 0 Å². The summed E-state index contributed by atoms with van der Waals surface area (Å²) in [6.45, 7) is -16.7. The number of hydrogen-bond acceptors (Lipinski definition) is 6. The summed E-state index contributed by atoms with van der Waals surface area (Å²) in [5, 5.41) is 13.6. The van der Waals surface area contributed by atoms with Crippen LogP contribution in [0.15, 0.2) is 27.5 Å². The Balaban J connectivity index is 1.79. The molecule has 8 heteroatoms. The normalized spacial score (nSPS) is 39.6. The lowest BCUT2D eigenvalue weighted by molar-refractivity contribution is 0.129. The van der Waals surface area contributed by atoms with Crippen LogP contribution in [0.3, 0.4) is 0 Å². The molecular weight excluding hydrogens is 399 g/mol. The maximum atomic E-state index is 13.9. The van der Waals surface area contributed by atoms with E-state index in [0.29, 0.717) is 4.57 Å².